The van der Waals surface area contributed by atoms with Crippen molar-refractivity contribution in [2.24, 2.45) is 11.7 Å². The summed E-state index contributed by atoms with van der Waals surface area (Å²) in [5, 5.41) is 0. The molecule has 0 bridgehead atoms. The van der Waals surface area contributed by atoms with Gasteiger partial charge in [0.1, 0.15) is 11.7 Å². The van der Waals surface area contributed by atoms with Gasteiger partial charge in [-0.25, -0.2) is 0 Å². The summed E-state index contributed by atoms with van der Waals surface area (Å²) in [5.41, 5.74) is 6.88. The second kappa shape index (κ2) is 11.5. The van der Waals surface area contributed by atoms with Crippen LogP contribution in [0, 0.1) is 5.92 Å². The average Bonchev–Trinajstić information content (AvgIpc) is 3.61. The van der Waals surface area contributed by atoms with Crippen molar-refractivity contribution in [2.45, 2.75) is 116 Å². The highest BCUT2D eigenvalue weighted by Crippen LogP contribution is 2.45. The molecule has 0 aromatic heterocycles. The topological polar surface area (TPSA) is 86.9 Å². The lowest BCUT2D eigenvalue weighted by molar-refractivity contribution is -0.150. The van der Waals surface area contributed by atoms with E-state index in [1.165, 1.54) is 25.7 Å². The van der Waals surface area contributed by atoms with Crippen molar-refractivity contribution >= 4 is 17.7 Å². The molecular formula is C30H46N4O3. The maximum Gasteiger partial charge on any atom is 0.256 e. The average molecular weight is 511 g/mol. The Kier molecular flexibility index (Phi) is 8.62. The number of amides is 3. The molecule has 204 valence electrons. The number of nitrogens with zero attached hydrogens (tertiary/aromatic N) is 3. The van der Waals surface area contributed by atoms with Crippen LogP contribution in [0.1, 0.15) is 114 Å². The predicted octanol–water partition coefficient (Wildman–Crippen LogP) is 4.86. The van der Waals surface area contributed by atoms with Crippen LogP contribution in [0.15, 0.2) is 24.3 Å². The molecule has 4 atom stereocenters. The summed E-state index contributed by atoms with van der Waals surface area (Å²) in [7, 11) is 0. The van der Waals surface area contributed by atoms with Crippen LogP contribution in [0.3, 0.4) is 0 Å². The first-order valence-electron chi connectivity index (χ1n) is 14.6. The molecule has 2 N–H and O–H groups in total. The SMILES string of the molecule is CCCCCCC(C)N1C[C@@H](CN(C(=O)C(C)CC)C2(C(N)=O)CCCC2)N2C(=O)c3ccccc3[C@H]12. The molecule has 2 unspecified atom stereocenters. The summed E-state index contributed by atoms with van der Waals surface area (Å²) >= 11 is 0. The van der Waals surface area contributed by atoms with E-state index in [9.17, 15) is 14.4 Å². The number of fused-ring (bicyclic) bond motifs is 3. The molecule has 1 aromatic carbocycles. The van der Waals surface area contributed by atoms with E-state index in [-0.39, 0.29) is 29.9 Å². The third-order valence-electron chi connectivity index (χ3n) is 9.24. The van der Waals surface area contributed by atoms with Gasteiger partial charge in [0.2, 0.25) is 11.8 Å². The summed E-state index contributed by atoms with van der Waals surface area (Å²) in [4.78, 5) is 46.7. The molecule has 2 aliphatic heterocycles. The van der Waals surface area contributed by atoms with Gasteiger partial charge < -0.3 is 15.5 Å². The summed E-state index contributed by atoms with van der Waals surface area (Å²) in [6.07, 6.45) is 9.48. The van der Waals surface area contributed by atoms with Crippen LogP contribution < -0.4 is 5.73 Å². The van der Waals surface area contributed by atoms with Gasteiger partial charge in [0.15, 0.2) is 0 Å². The maximum atomic E-state index is 13.8. The smallest absolute Gasteiger partial charge is 0.256 e. The Hall–Kier alpha value is -2.41. The van der Waals surface area contributed by atoms with Crippen molar-refractivity contribution in [3.63, 3.8) is 0 Å². The monoisotopic (exact) mass is 510 g/mol. The van der Waals surface area contributed by atoms with Crippen LogP contribution in [0.25, 0.3) is 0 Å². The Morgan fingerprint density at radius 2 is 1.81 bits per heavy atom. The molecule has 3 amide bonds. The normalized spacial score (nSPS) is 24.1. The van der Waals surface area contributed by atoms with Crippen molar-refractivity contribution in [2.75, 3.05) is 13.1 Å². The number of carbonyl (C=O) groups excluding carboxylic acids is 3. The van der Waals surface area contributed by atoms with Crippen molar-refractivity contribution in [1.82, 2.24) is 14.7 Å². The zero-order valence-electron chi connectivity index (χ0n) is 23.2. The molecule has 1 saturated heterocycles. The lowest BCUT2D eigenvalue weighted by Gasteiger charge is -2.42. The van der Waals surface area contributed by atoms with Crippen molar-refractivity contribution in [3.8, 4) is 0 Å². The van der Waals surface area contributed by atoms with E-state index >= 15 is 0 Å². The minimum Gasteiger partial charge on any atom is -0.368 e. The molecule has 0 radical (unpaired) electrons. The third-order valence-corrected chi connectivity index (χ3v) is 9.24. The molecule has 7 heteroatoms. The third kappa shape index (κ3) is 5.04. The van der Waals surface area contributed by atoms with Gasteiger partial charge in [-0.1, -0.05) is 77.5 Å². The molecule has 37 heavy (non-hydrogen) atoms. The molecule has 1 aromatic rings. The van der Waals surface area contributed by atoms with Crippen molar-refractivity contribution in [3.05, 3.63) is 35.4 Å². The highest BCUT2D eigenvalue weighted by Gasteiger charge is 2.54. The molecular weight excluding hydrogens is 464 g/mol. The van der Waals surface area contributed by atoms with Crippen LogP contribution in [-0.4, -0.2) is 63.1 Å². The Balaban J connectivity index is 1.66. The first-order valence-corrected chi connectivity index (χ1v) is 14.6. The quantitative estimate of drug-likeness (QED) is 0.407. The van der Waals surface area contributed by atoms with Gasteiger partial charge in [-0.05, 0) is 38.7 Å². The van der Waals surface area contributed by atoms with E-state index < -0.39 is 11.4 Å². The molecule has 4 rings (SSSR count). The highest BCUT2D eigenvalue weighted by atomic mass is 16.2. The van der Waals surface area contributed by atoms with Gasteiger partial charge in [0.05, 0.1) is 6.04 Å². The van der Waals surface area contributed by atoms with E-state index in [0.29, 0.717) is 38.4 Å². The van der Waals surface area contributed by atoms with E-state index in [0.717, 1.165) is 30.4 Å². The van der Waals surface area contributed by atoms with Crippen molar-refractivity contribution < 1.29 is 14.4 Å². The Morgan fingerprint density at radius 1 is 1.11 bits per heavy atom. The van der Waals surface area contributed by atoms with Gasteiger partial charge in [-0.2, -0.15) is 0 Å². The fourth-order valence-corrected chi connectivity index (χ4v) is 6.79. The van der Waals surface area contributed by atoms with Gasteiger partial charge in [0, 0.05) is 36.2 Å². The number of carbonyl (C=O) groups is 3. The Labute approximate surface area is 222 Å². The molecule has 2 fully saturated rings. The number of hydrogen-bond acceptors (Lipinski definition) is 4. The lowest BCUT2D eigenvalue weighted by atomic mass is 9.91. The van der Waals surface area contributed by atoms with Crippen LogP contribution in [0.4, 0.5) is 0 Å². The fraction of sp³-hybridized carbons (Fsp3) is 0.700. The van der Waals surface area contributed by atoms with Crippen LogP contribution in [0.5, 0.6) is 0 Å². The van der Waals surface area contributed by atoms with Crippen molar-refractivity contribution in [1.29, 1.82) is 0 Å². The zero-order valence-corrected chi connectivity index (χ0v) is 23.2. The number of primary amides is 1. The van der Waals surface area contributed by atoms with E-state index in [2.05, 4.69) is 24.8 Å². The van der Waals surface area contributed by atoms with Crippen LogP contribution in [0.2, 0.25) is 0 Å². The molecule has 1 saturated carbocycles. The largest absolute Gasteiger partial charge is 0.368 e. The Morgan fingerprint density at radius 3 is 2.46 bits per heavy atom. The van der Waals surface area contributed by atoms with E-state index in [4.69, 9.17) is 5.73 Å². The lowest BCUT2D eigenvalue weighted by Crippen LogP contribution is -2.62. The summed E-state index contributed by atoms with van der Waals surface area (Å²) in [6, 6.07) is 8.04. The van der Waals surface area contributed by atoms with Crippen LogP contribution >= 0.6 is 0 Å². The summed E-state index contributed by atoms with van der Waals surface area (Å²) in [5.74, 6) is -0.598. The van der Waals surface area contributed by atoms with Gasteiger partial charge in [0.25, 0.3) is 5.91 Å². The van der Waals surface area contributed by atoms with Gasteiger partial charge in [-0.3, -0.25) is 19.3 Å². The van der Waals surface area contributed by atoms with Gasteiger partial charge in [-0.15, -0.1) is 0 Å². The Bertz CT molecular complexity index is 989. The number of unbranched alkanes of at least 4 members (excludes halogenated alkanes) is 3. The van der Waals surface area contributed by atoms with Gasteiger partial charge >= 0.3 is 0 Å². The molecule has 7 nitrogen and oxygen atoms in total. The predicted molar refractivity (Wildman–Crippen MR) is 146 cm³/mol. The zero-order chi connectivity index (χ0) is 26.7. The number of rotatable bonds is 12. The summed E-state index contributed by atoms with van der Waals surface area (Å²) < 4.78 is 0. The second-order valence-corrected chi connectivity index (χ2v) is 11.6. The number of hydrogen-bond donors (Lipinski definition) is 1. The number of benzene rings is 1. The molecule has 3 aliphatic rings. The highest BCUT2D eigenvalue weighted by molar-refractivity contribution is 5.99. The van der Waals surface area contributed by atoms with E-state index in [1.807, 2.05) is 36.9 Å². The molecule has 1 aliphatic carbocycles. The van der Waals surface area contributed by atoms with E-state index in [1.54, 1.807) is 4.90 Å². The maximum absolute atomic E-state index is 13.8. The van der Waals surface area contributed by atoms with Crippen LogP contribution in [-0.2, 0) is 9.59 Å². The summed E-state index contributed by atoms with van der Waals surface area (Å²) in [6.45, 7) is 9.46. The first-order chi connectivity index (χ1) is 17.8. The minimum atomic E-state index is -0.954. The fourth-order valence-electron chi connectivity index (χ4n) is 6.79. The first kappa shape index (κ1) is 27.6. The molecule has 0 spiro atoms. The second-order valence-electron chi connectivity index (χ2n) is 11.6. The minimum absolute atomic E-state index is 0.0185. The molecule has 2 heterocycles. The number of nitrogens with two attached hydrogens (primary N) is 1. The standard InChI is InChI=1S/C30H46N4O3/c1-5-7-8-9-14-22(4)32-19-23(34-26(32)24-15-10-11-16-25(24)28(34)36)20-33(27(35)21(3)6-2)30(29(31)37)17-12-13-18-30/h10-11,15-16,21-23,26H,5-9,12-14,17-20H2,1-4H3,(H2,31,37)/t21?,22?,23-,26+/m0/s1.